The molecule has 2 heterocycles. The van der Waals surface area contributed by atoms with E-state index in [9.17, 15) is 5.11 Å². The molecule has 0 aliphatic heterocycles. The Labute approximate surface area is 87.4 Å². The Balaban J connectivity index is 2.07. The van der Waals surface area contributed by atoms with Gasteiger partial charge in [0, 0.05) is 32.1 Å². The highest BCUT2D eigenvalue weighted by Crippen LogP contribution is 2.12. The Hall–Kier alpha value is -1.75. The molecule has 1 N–H and O–H groups in total. The van der Waals surface area contributed by atoms with Gasteiger partial charge in [0.2, 0.25) is 0 Å². The monoisotopic (exact) mass is 204 g/mol. The van der Waals surface area contributed by atoms with Crippen molar-refractivity contribution < 1.29 is 5.11 Å². The smallest absolute Gasteiger partial charge is 0.157 e. The lowest BCUT2D eigenvalue weighted by Gasteiger charge is -2.05. The van der Waals surface area contributed by atoms with Gasteiger partial charge in [-0.05, 0) is 12.1 Å². The zero-order chi connectivity index (χ0) is 10.7. The van der Waals surface area contributed by atoms with Crippen molar-refractivity contribution in [3.8, 4) is 0 Å². The fraction of sp³-hybridized carbons (Fsp3) is 0.300. The molecule has 5 nitrogen and oxygen atoms in total. The summed E-state index contributed by atoms with van der Waals surface area (Å²) in [6, 6.07) is 3.59. The standard InChI is InChI=1S/C10H12N4O/c1-14-6-3-8(13-14)7-9(15)10-11-4-2-5-12-10/h2-6,9,15H,7H2,1H3. The number of aliphatic hydroxyl groups excluding tert-OH is 1. The van der Waals surface area contributed by atoms with E-state index in [0.717, 1.165) is 5.69 Å². The number of rotatable bonds is 3. The molecule has 1 atom stereocenters. The number of aromatic nitrogens is 4. The molecule has 0 fully saturated rings. The van der Waals surface area contributed by atoms with E-state index in [2.05, 4.69) is 15.1 Å². The normalized spacial score (nSPS) is 12.7. The van der Waals surface area contributed by atoms with Crippen LogP contribution in [0.25, 0.3) is 0 Å². The molecule has 78 valence electrons. The second-order valence-electron chi connectivity index (χ2n) is 3.31. The van der Waals surface area contributed by atoms with Crippen LogP contribution in [-0.2, 0) is 13.5 Å². The van der Waals surface area contributed by atoms with Crippen molar-refractivity contribution in [2.45, 2.75) is 12.5 Å². The zero-order valence-corrected chi connectivity index (χ0v) is 8.41. The minimum atomic E-state index is -0.693. The van der Waals surface area contributed by atoms with E-state index < -0.39 is 6.10 Å². The van der Waals surface area contributed by atoms with Crippen LogP contribution in [0.2, 0.25) is 0 Å². The molecule has 0 saturated carbocycles. The van der Waals surface area contributed by atoms with Crippen LogP contribution in [0.4, 0.5) is 0 Å². The van der Waals surface area contributed by atoms with Gasteiger partial charge in [0.1, 0.15) is 6.10 Å². The average molecular weight is 204 g/mol. The minimum absolute atomic E-state index is 0.433. The lowest BCUT2D eigenvalue weighted by molar-refractivity contribution is 0.167. The zero-order valence-electron chi connectivity index (χ0n) is 8.41. The highest BCUT2D eigenvalue weighted by atomic mass is 16.3. The molecule has 0 spiro atoms. The first kappa shape index (κ1) is 9.79. The molecule has 2 aromatic heterocycles. The van der Waals surface area contributed by atoms with E-state index >= 15 is 0 Å². The van der Waals surface area contributed by atoms with Crippen molar-refractivity contribution >= 4 is 0 Å². The van der Waals surface area contributed by atoms with Gasteiger partial charge in [-0.15, -0.1) is 0 Å². The highest BCUT2D eigenvalue weighted by Gasteiger charge is 2.12. The number of nitrogens with zero attached hydrogens (tertiary/aromatic N) is 4. The lowest BCUT2D eigenvalue weighted by atomic mass is 10.2. The molecule has 0 aliphatic carbocycles. The van der Waals surface area contributed by atoms with Crippen molar-refractivity contribution in [2.75, 3.05) is 0 Å². The molecule has 0 amide bonds. The fourth-order valence-corrected chi connectivity index (χ4v) is 1.34. The molecule has 0 saturated heterocycles. The Kier molecular flexibility index (Phi) is 2.73. The van der Waals surface area contributed by atoms with E-state index in [1.807, 2.05) is 19.3 Å². The van der Waals surface area contributed by atoms with E-state index in [4.69, 9.17) is 0 Å². The van der Waals surface area contributed by atoms with Crippen LogP contribution in [0.1, 0.15) is 17.6 Å². The van der Waals surface area contributed by atoms with Crippen LogP contribution >= 0.6 is 0 Å². The number of hydrogen-bond acceptors (Lipinski definition) is 4. The van der Waals surface area contributed by atoms with E-state index in [0.29, 0.717) is 12.2 Å². The first-order chi connectivity index (χ1) is 7.25. The summed E-state index contributed by atoms with van der Waals surface area (Å²) in [6.07, 6.45) is 4.81. The quantitative estimate of drug-likeness (QED) is 0.790. The van der Waals surface area contributed by atoms with E-state index in [1.165, 1.54) is 0 Å². The van der Waals surface area contributed by atoms with Crippen molar-refractivity contribution in [3.63, 3.8) is 0 Å². The SMILES string of the molecule is Cn1ccc(CC(O)c2ncccn2)n1. The summed E-state index contributed by atoms with van der Waals surface area (Å²) in [5, 5.41) is 14.0. The molecule has 2 rings (SSSR count). The molecule has 0 aliphatic rings. The van der Waals surface area contributed by atoms with Crippen LogP contribution in [0, 0.1) is 0 Å². The minimum Gasteiger partial charge on any atom is -0.385 e. The summed E-state index contributed by atoms with van der Waals surface area (Å²) in [4.78, 5) is 7.97. The molecular weight excluding hydrogens is 192 g/mol. The number of aryl methyl sites for hydroxylation is 1. The Morgan fingerprint density at radius 3 is 2.73 bits per heavy atom. The van der Waals surface area contributed by atoms with Gasteiger partial charge in [0.15, 0.2) is 5.82 Å². The topological polar surface area (TPSA) is 63.8 Å². The lowest BCUT2D eigenvalue weighted by Crippen LogP contribution is -2.06. The first-order valence-electron chi connectivity index (χ1n) is 4.69. The van der Waals surface area contributed by atoms with Gasteiger partial charge in [-0.3, -0.25) is 4.68 Å². The third-order valence-electron chi connectivity index (χ3n) is 2.06. The van der Waals surface area contributed by atoms with Gasteiger partial charge >= 0.3 is 0 Å². The molecule has 0 bridgehead atoms. The van der Waals surface area contributed by atoms with Gasteiger partial charge in [-0.1, -0.05) is 0 Å². The fourth-order valence-electron chi connectivity index (χ4n) is 1.34. The second-order valence-corrected chi connectivity index (χ2v) is 3.31. The Bertz CT molecular complexity index is 426. The molecule has 2 aromatic rings. The van der Waals surface area contributed by atoms with Gasteiger partial charge < -0.3 is 5.11 Å². The van der Waals surface area contributed by atoms with Crippen molar-refractivity contribution in [3.05, 3.63) is 42.2 Å². The predicted octanol–water partition coefficient (Wildman–Crippen LogP) is 0.486. The van der Waals surface area contributed by atoms with Crippen LogP contribution < -0.4 is 0 Å². The van der Waals surface area contributed by atoms with Crippen molar-refractivity contribution in [1.29, 1.82) is 0 Å². The second kappa shape index (κ2) is 4.18. The van der Waals surface area contributed by atoms with Crippen LogP contribution in [0.5, 0.6) is 0 Å². The van der Waals surface area contributed by atoms with Crippen LogP contribution in [0.15, 0.2) is 30.7 Å². The van der Waals surface area contributed by atoms with Gasteiger partial charge in [-0.25, -0.2) is 9.97 Å². The number of hydrogen-bond donors (Lipinski definition) is 1. The summed E-state index contributed by atoms with van der Waals surface area (Å²) < 4.78 is 1.70. The third-order valence-corrected chi connectivity index (χ3v) is 2.06. The molecular formula is C10H12N4O. The Morgan fingerprint density at radius 1 is 1.40 bits per heavy atom. The predicted molar refractivity (Wildman–Crippen MR) is 53.9 cm³/mol. The Morgan fingerprint density at radius 2 is 2.13 bits per heavy atom. The largest absolute Gasteiger partial charge is 0.385 e. The first-order valence-corrected chi connectivity index (χ1v) is 4.69. The summed E-state index contributed by atoms with van der Waals surface area (Å²) in [5.74, 6) is 0.433. The maximum atomic E-state index is 9.81. The molecule has 5 heteroatoms. The van der Waals surface area contributed by atoms with Gasteiger partial charge in [0.25, 0.3) is 0 Å². The van der Waals surface area contributed by atoms with E-state index in [1.54, 1.807) is 23.1 Å². The van der Waals surface area contributed by atoms with E-state index in [-0.39, 0.29) is 0 Å². The number of aliphatic hydroxyl groups is 1. The summed E-state index contributed by atoms with van der Waals surface area (Å²) in [5.41, 5.74) is 0.831. The van der Waals surface area contributed by atoms with Crippen LogP contribution in [0.3, 0.4) is 0 Å². The highest BCUT2D eigenvalue weighted by molar-refractivity contribution is 5.04. The molecule has 0 radical (unpaired) electrons. The van der Waals surface area contributed by atoms with Gasteiger partial charge in [0.05, 0.1) is 5.69 Å². The summed E-state index contributed by atoms with van der Waals surface area (Å²) >= 11 is 0. The van der Waals surface area contributed by atoms with Crippen LogP contribution in [-0.4, -0.2) is 24.9 Å². The molecule has 0 aromatic carbocycles. The maximum absolute atomic E-state index is 9.81. The average Bonchev–Trinajstić information content (AvgIpc) is 2.65. The van der Waals surface area contributed by atoms with Gasteiger partial charge in [-0.2, -0.15) is 5.10 Å². The summed E-state index contributed by atoms with van der Waals surface area (Å²) in [7, 11) is 1.84. The maximum Gasteiger partial charge on any atom is 0.157 e. The molecule has 1 unspecified atom stereocenters. The third kappa shape index (κ3) is 2.38. The summed E-state index contributed by atoms with van der Waals surface area (Å²) in [6.45, 7) is 0. The van der Waals surface area contributed by atoms with Crippen molar-refractivity contribution in [1.82, 2.24) is 19.7 Å². The van der Waals surface area contributed by atoms with Crippen molar-refractivity contribution in [2.24, 2.45) is 7.05 Å². The molecule has 15 heavy (non-hydrogen) atoms.